The van der Waals surface area contributed by atoms with Crippen molar-refractivity contribution < 1.29 is 0 Å². The van der Waals surface area contributed by atoms with Gasteiger partial charge in [0, 0.05) is 11.9 Å². The molecule has 0 radical (unpaired) electrons. The second kappa shape index (κ2) is 2.49. The second-order valence-corrected chi connectivity index (χ2v) is 3.35. The third-order valence-electron chi connectivity index (χ3n) is 1.88. The average Bonchev–Trinajstić information content (AvgIpc) is 2.29. The summed E-state index contributed by atoms with van der Waals surface area (Å²) in [4.78, 5) is 4.16. The number of aryl methyl sites for hydroxylation is 2. The Bertz CT molecular complexity index is 431. The molecule has 0 N–H and O–H groups in total. The van der Waals surface area contributed by atoms with Crippen molar-refractivity contribution in [2.75, 3.05) is 0 Å². The molecule has 0 atom stereocenters. The summed E-state index contributed by atoms with van der Waals surface area (Å²) in [5, 5.41) is 0.545. The van der Waals surface area contributed by atoms with Gasteiger partial charge in [-0.1, -0.05) is 11.6 Å². The molecule has 12 heavy (non-hydrogen) atoms. The number of hydrogen-bond acceptors (Lipinski definition) is 1. The highest BCUT2D eigenvalue weighted by atomic mass is 35.5. The van der Waals surface area contributed by atoms with Crippen molar-refractivity contribution in [1.82, 2.24) is 9.38 Å². The van der Waals surface area contributed by atoms with Crippen LogP contribution in [-0.4, -0.2) is 9.38 Å². The summed E-state index contributed by atoms with van der Waals surface area (Å²) in [5.74, 6) is 0. The van der Waals surface area contributed by atoms with Gasteiger partial charge in [-0.15, -0.1) is 0 Å². The van der Waals surface area contributed by atoms with Gasteiger partial charge in [0.2, 0.25) is 0 Å². The minimum Gasteiger partial charge on any atom is -0.303 e. The lowest BCUT2D eigenvalue weighted by atomic mass is 10.2. The summed E-state index contributed by atoms with van der Waals surface area (Å²) < 4.78 is 1.98. The smallest absolute Gasteiger partial charge is 0.148 e. The first-order chi connectivity index (χ1) is 5.66. The molecule has 0 aromatic carbocycles. The Morgan fingerprint density at radius 1 is 1.33 bits per heavy atom. The molecule has 0 unspecified atom stereocenters. The van der Waals surface area contributed by atoms with Crippen molar-refractivity contribution in [3.05, 3.63) is 34.7 Å². The Morgan fingerprint density at radius 3 is 2.83 bits per heavy atom. The van der Waals surface area contributed by atoms with Crippen LogP contribution in [0.2, 0.25) is 5.15 Å². The number of pyridine rings is 1. The molecule has 0 aliphatic carbocycles. The van der Waals surface area contributed by atoms with Gasteiger partial charge in [-0.25, -0.2) is 4.98 Å². The van der Waals surface area contributed by atoms with E-state index in [1.54, 1.807) is 0 Å². The number of hydrogen-bond donors (Lipinski definition) is 0. The lowest BCUT2D eigenvalue weighted by Crippen LogP contribution is -1.89. The first kappa shape index (κ1) is 7.62. The van der Waals surface area contributed by atoms with Crippen molar-refractivity contribution in [3.8, 4) is 0 Å². The lowest BCUT2D eigenvalue weighted by Gasteiger charge is -1.99. The van der Waals surface area contributed by atoms with Crippen LogP contribution < -0.4 is 0 Å². The summed E-state index contributed by atoms with van der Waals surface area (Å²) >= 11 is 5.78. The summed E-state index contributed by atoms with van der Waals surface area (Å²) in [6.45, 7) is 4.09. The molecule has 62 valence electrons. The molecule has 0 spiro atoms. The van der Waals surface area contributed by atoms with E-state index in [9.17, 15) is 0 Å². The van der Waals surface area contributed by atoms with E-state index in [1.807, 2.05) is 23.6 Å². The summed E-state index contributed by atoms with van der Waals surface area (Å²) in [7, 11) is 0. The quantitative estimate of drug-likeness (QED) is 0.609. The van der Waals surface area contributed by atoms with Crippen LogP contribution in [0.5, 0.6) is 0 Å². The maximum atomic E-state index is 5.78. The van der Waals surface area contributed by atoms with Crippen molar-refractivity contribution >= 4 is 17.2 Å². The predicted octanol–water partition coefficient (Wildman–Crippen LogP) is 2.60. The van der Waals surface area contributed by atoms with Gasteiger partial charge in [-0.3, -0.25) is 0 Å². The standard InChI is InChI=1S/C9H9ClN2/c1-6-3-7(2)12-5-8(10)11-9(12)4-6/h3-5H,1-2H3. The normalized spacial score (nSPS) is 10.9. The van der Waals surface area contributed by atoms with Gasteiger partial charge in [-0.05, 0) is 31.5 Å². The van der Waals surface area contributed by atoms with E-state index in [1.165, 1.54) is 5.56 Å². The highest BCUT2D eigenvalue weighted by molar-refractivity contribution is 6.29. The second-order valence-electron chi connectivity index (χ2n) is 2.97. The Hall–Kier alpha value is -1.02. The van der Waals surface area contributed by atoms with Gasteiger partial charge in [0.05, 0.1) is 0 Å². The fourth-order valence-electron chi connectivity index (χ4n) is 1.39. The Morgan fingerprint density at radius 2 is 2.08 bits per heavy atom. The lowest BCUT2D eigenvalue weighted by molar-refractivity contribution is 1.08. The highest BCUT2D eigenvalue weighted by Gasteiger charge is 2.01. The molecule has 2 aromatic rings. The van der Waals surface area contributed by atoms with Gasteiger partial charge < -0.3 is 4.40 Å². The number of nitrogens with zero attached hydrogens (tertiary/aromatic N) is 2. The fourth-order valence-corrected chi connectivity index (χ4v) is 1.58. The molecule has 0 saturated heterocycles. The zero-order valence-corrected chi connectivity index (χ0v) is 7.76. The van der Waals surface area contributed by atoms with E-state index in [2.05, 4.69) is 18.0 Å². The van der Waals surface area contributed by atoms with Gasteiger partial charge >= 0.3 is 0 Å². The third-order valence-corrected chi connectivity index (χ3v) is 2.06. The maximum absolute atomic E-state index is 5.78. The number of fused-ring (bicyclic) bond motifs is 1. The van der Waals surface area contributed by atoms with E-state index >= 15 is 0 Å². The number of imidazole rings is 1. The van der Waals surface area contributed by atoms with Crippen LogP contribution in [-0.2, 0) is 0 Å². The summed E-state index contributed by atoms with van der Waals surface area (Å²) in [6, 6.07) is 4.11. The molecule has 2 rings (SSSR count). The minimum atomic E-state index is 0.545. The van der Waals surface area contributed by atoms with E-state index in [0.717, 1.165) is 11.3 Å². The van der Waals surface area contributed by atoms with Crippen LogP contribution >= 0.6 is 11.6 Å². The van der Waals surface area contributed by atoms with Crippen molar-refractivity contribution in [2.24, 2.45) is 0 Å². The molecule has 2 aromatic heterocycles. The maximum Gasteiger partial charge on any atom is 0.148 e. The Balaban J connectivity index is 2.88. The number of aromatic nitrogens is 2. The van der Waals surface area contributed by atoms with E-state index in [4.69, 9.17) is 11.6 Å². The molecule has 0 aliphatic heterocycles. The van der Waals surface area contributed by atoms with Crippen LogP contribution in [0.4, 0.5) is 0 Å². The molecule has 2 heterocycles. The van der Waals surface area contributed by atoms with E-state index in [0.29, 0.717) is 5.15 Å². The van der Waals surface area contributed by atoms with Gasteiger partial charge in [0.15, 0.2) is 0 Å². The molecule has 0 aliphatic rings. The van der Waals surface area contributed by atoms with Crippen LogP contribution in [0.15, 0.2) is 18.3 Å². The zero-order valence-electron chi connectivity index (χ0n) is 7.00. The van der Waals surface area contributed by atoms with Gasteiger partial charge in [-0.2, -0.15) is 0 Å². The van der Waals surface area contributed by atoms with Gasteiger partial charge in [0.1, 0.15) is 10.8 Å². The topological polar surface area (TPSA) is 17.3 Å². The Labute approximate surface area is 75.8 Å². The first-order valence-corrected chi connectivity index (χ1v) is 4.16. The molecule has 2 nitrogen and oxygen atoms in total. The van der Waals surface area contributed by atoms with Gasteiger partial charge in [0.25, 0.3) is 0 Å². The molecular formula is C9H9ClN2. The first-order valence-electron chi connectivity index (χ1n) is 3.78. The summed E-state index contributed by atoms with van der Waals surface area (Å²) in [6.07, 6.45) is 1.83. The number of rotatable bonds is 0. The summed E-state index contributed by atoms with van der Waals surface area (Å²) in [5.41, 5.74) is 3.28. The zero-order chi connectivity index (χ0) is 8.72. The fraction of sp³-hybridized carbons (Fsp3) is 0.222. The predicted molar refractivity (Wildman–Crippen MR) is 49.7 cm³/mol. The third kappa shape index (κ3) is 1.08. The molecular weight excluding hydrogens is 172 g/mol. The largest absolute Gasteiger partial charge is 0.303 e. The van der Waals surface area contributed by atoms with Crippen molar-refractivity contribution in [2.45, 2.75) is 13.8 Å². The van der Waals surface area contributed by atoms with E-state index < -0.39 is 0 Å². The molecule has 3 heteroatoms. The average molecular weight is 181 g/mol. The molecule has 0 bridgehead atoms. The van der Waals surface area contributed by atoms with E-state index in [-0.39, 0.29) is 0 Å². The SMILES string of the molecule is Cc1cc(C)n2cc(Cl)nc2c1. The molecule has 0 saturated carbocycles. The number of halogens is 1. The Kier molecular flexibility index (Phi) is 1.58. The molecule has 0 fully saturated rings. The monoisotopic (exact) mass is 180 g/mol. The van der Waals surface area contributed by atoms with Crippen molar-refractivity contribution in [1.29, 1.82) is 0 Å². The molecule has 0 amide bonds. The van der Waals surface area contributed by atoms with Crippen LogP contribution in [0.25, 0.3) is 5.65 Å². The minimum absolute atomic E-state index is 0.545. The van der Waals surface area contributed by atoms with Crippen molar-refractivity contribution in [3.63, 3.8) is 0 Å². The van der Waals surface area contributed by atoms with Crippen LogP contribution in [0, 0.1) is 13.8 Å². The highest BCUT2D eigenvalue weighted by Crippen LogP contribution is 2.14. The van der Waals surface area contributed by atoms with Crippen LogP contribution in [0.3, 0.4) is 0 Å². The van der Waals surface area contributed by atoms with Crippen LogP contribution in [0.1, 0.15) is 11.3 Å².